The number of aliphatic hydroxyl groups is 2. The molecule has 0 saturated heterocycles. The van der Waals surface area contributed by atoms with Crippen LogP contribution in [0.25, 0.3) is 0 Å². The van der Waals surface area contributed by atoms with E-state index < -0.39 is 32.1 Å². The molecule has 10 nitrogen and oxygen atoms in total. The van der Waals surface area contributed by atoms with Gasteiger partial charge in [-0.25, -0.2) is 4.57 Å². The minimum Gasteiger partial charge on any atom is -0.492 e. The number of hydrogen-bond acceptors (Lipinski definition) is 8. The summed E-state index contributed by atoms with van der Waals surface area (Å²) in [5.74, 6) is -0.406. The first kappa shape index (κ1) is 56.4. The van der Waals surface area contributed by atoms with E-state index in [0.717, 1.165) is 25.7 Å². The Kier molecular flexibility index (Phi) is 37.9. The predicted octanol–water partition coefficient (Wildman–Crippen LogP) is 11.6. The molecule has 0 aliphatic carbocycles. The number of quaternary nitrogens is 1. The van der Waals surface area contributed by atoms with Crippen LogP contribution in [0.5, 0.6) is 0 Å². The molecule has 0 heterocycles. The number of ether oxygens (including phenoxy) is 2. The largest absolute Gasteiger partial charge is 0.492 e. The number of esters is 1. The van der Waals surface area contributed by atoms with E-state index in [0.29, 0.717) is 36.7 Å². The zero-order valence-electron chi connectivity index (χ0n) is 37.7. The number of nitrogens with zero attached hydrogens (tertiary/aromatic N) is 1. The molecule has 0 spiro atoms. The molecule has 1 unspecified atom stereocenters. The van der Waals surface area contributed by atoms with Gasteiger partial charge in [-0.15, -0.1) is 0 Å². The van der Waals surface area contributed by atoms with E-state index in [1.807, 2.05) is 75.8 Å². The fraction of sp³-hybridized carbons (Fsp3) is 0.688. The SMILES string of the molecule is CC/C=C\C[C@@H](O)/C=C/C=C\C=C\[C@@H](O)C/C=C\C/C=C\CCC(=O)OC[C@H](COP(=O)(O)OCC[N+](C)(C)C)O/C=C/CCCCCCCCCCCCCCCC. The highest BCUT2D eigenvalue weighted by Crippen LogP contribution is 2.43. The van der Waals surface area contributed by atoms with Crippen molar-refractivity contribution in [2.24, 2.45) is 0 Å². The Morgan fingerprint density at radius 1 is 0.644 bits per heavy atom. The summed E-state index contributed by atoms with van der Waals surface area (Å²) in [5.41, 5.74) is 0. The van der Waals surface area contributed by atoms with Gasteiger partial charge in [-0.1, -0.05) is 170 Å². The van der Waals surface area contributed by atoms with Crippen LogP contribution < -0.4 is 0 Å². The smallest absolute Gasteiger partial charge is 0.472 e. The van der Waals surface area contributed by atoms with Gasteiger partial charge < -0.3 is 29.1 Å². The maximum Gasteiger partial charge on any atom is 0.472 e. The lowest BCUT2D eigenvalue weighted by Gasteiger charge is -2.24. The standard InChI is InChI=1S/C48H84NO9P/c1-6-8-10-11-12-13-14-15-16-17-18-19-20-23-28-34-41-55-47(44-58-59(53,54)57-42-40-49(3,4)5)43-56-48(52)39-33-25-22-21-24-30-36-46(51)38-32-27-26-31-37-45(50)35-29-9-7-2/h9,22,24-27,29-32,34,37-38,41,45-47,50-51H,6-8,10-21,23,28,33,35-36,39-40,42-44H2,1-5H3/p+1/b25-22-,27-26-,29-9-,30-24-,37-31+,38-32+,41-34+/t45-,46+,47-/m1/s1. The summed E-state index contributed by atoms with van der Waals surface area (Å²) >= 11 is 0. The molecule has 0 bridgehead atoms. The van der Waals surface area contributed by atoms with Crippen molar-refractivity contribution in [2.75, 3.05) is 47.5 Å². The quantitative estimate of drug-likeness (QED) is 0.0105. The molecule has 0 aromatic heterocycles. The number of carbonyl (C=O) groups excluding carboxylic acids is 1. The van der Waals surface area contributed by atoms with Crippen molar-refractivity contribution in [1.29, 1.82) is 0 Å². The number of phosphoric acid groups is 1. The van der Waals surface area contributed by atoms with Crippen molar-refractivity contribution in [1.82, 2.24) is 0 Å². The first-order valence-corrected chi connectivity index (χ1v) is 24.1. The fourth-order valence-electron chi connectivity index (χ4n) is 5.62. The van der Waals surface area contributed by atoms with E-state index >= 15 is 0 Å². The van der Waals surface area contributed by atoms with Crippen LogP contribution in [0.1, 0.15) is 149 Å². The number of allylic oxidation sites excluding steroid dienone is 9. The van der Waals surface area contributed by atoms with Crippen LogP contribution >= 0.6 is 7.82 Å². The number of likely N-dealkylation sites (N-methyl/N-ethyl adjacent to an activating group) is 1. The van der Waals surface area contributed by atoms with Crippen molar-refractivity contribution in [2.45, 2.75) is 167 Å². The topological polar surface area (TPSA) is 132 Å². The number of aliphatic hydroxyl groups excluding tert-OH is 2. The molecule has 0 rings (SSSR count). The Morgan fingerprint density at radius 3 is 1.75 bits per heavy atom. The van der Waals surface area contributed by atoms with Crippen molar-refractivity contribution < 1.29 is 47.5 Å². The van der Waals surface area contributed by atoms with Gasteiger partial charge in [0.1, 0.15) is 19.8 Å². The molecule has 3 N–H and O–H groups in total. The molecule has 0 amide bonds. The Bertz CT molecular complexity index is 1250. The minimum atomic E-state index is -4.31. The van der Waals surface area contributed by atoms with Gasteiger partial charge in [0.05, 0.1) is 46.2 Å². The second kappa shape index (κ2) is 39.6. The first-order valence-electron chi connectivity index (χ1n) is 22.6. The summed E-state index contributed by atoms with van der Waals surface area (Å²) in [5, 5.41) is 20.0. The summed E-state index contributed by atoms with van der Waals surface area (Å²) in [6.45, 7) is 4.50. The van der Waals surface area contributed by atoms with Crippen LogP contribution in [0.2, 0.25) is 0 Å². The monoisotopic (exact) mass is 851 g/mol. The third-order valence-electron chi connectivity index (χ3n) is 9.24. The van der Waals surface area contributed by atoms with Crippen LogP contribution in [0, 0.1) is 0 Å². The van der Waals surface area contributed by atoms with Crippen LogP contribution in [0.4, 0.5) is 0 Å². The molecule has 0 fully saturated rings. The van der Waals surface area contributed by atoms with Crippen LogP contribution in [0.3, 0.4) is 0 Å². The zero-order chi connectivity index (χ0) is 43.7. The van der Waals surface area contributed by atoms with Gasteiger partial charge in [0, 0.05) is 6.42 Å². The van der Waals surface area contributed by atoms with Gasteiger partial charge in [0.25, 0.3) is 0 Å². The van der Waals surface area contributed by atoms with E-state index in [-0.39, 0.29) is 26.2 Å². The maximum atomic E-state index is 12.5. The van der Waals surface area contributed by atoms with Gasteiger partial charge in [0.15, 0.2) is 6.10 Å². The van der Waals surface area contributed by atoms with Crippen molar-refractivity contribution in [3.63, 3.8) is 0 Å². The molecule has 0 radical (unpaired) electrons. The normalized spacial score (nSPS) is 15.5. The van der Waals surface area contributed by atoms with Crippen molar-refractivity contribution >= 4 is 13.8 Å². The Labute approximate surface area is 360 Å². The summed E-state index contributed by atoms with van der Waals surface area (Å²) in [7, 11) is 1.56. The van der Waals surface area contributed by atoms with Crippen LogP contribution in [0.15, 0.2) is 85.3 Å². The van der Waals surface area contributed by atoms with Crippen LogP contribution in [-0.2, 0) is 27.9 Å². The highest BCUT2D eigenvalue weighted by molar-refractivity contribution is 7.47. The predicted molar refractivity (Wildman–Crippen MR) is 245 cm³/mol. The van der Waals surface area contributed by atoms with E-state index in [4.69, 9.17) is 18.5 Å². The Balaban J connectivity index is 4.51. The summed E-state index contributed by atoms with van der Waals surface area (Å²) in [6, 6.07) is 0. The molecule has 0 aromatic rings. The number of unbranched alkanes of at least 4 members (excludes halogenated alkanes) is 14. The Hall–Kier alpha value is -2.56. The lowest BCUT2D eigenvalue weighted by atomic mass is 10.0. The first-order chi connectivity index (χ1) is 28.4. The number of carbonyl (C=O) groups is 1. The van der Waals surface area contributed by atoms with Crippen molar-refractivity contribution in [3.05, 3.63) is 85.3 Å². The zero-order valence-corrected chi connectivity index (χ0v) is 38.6. The van der Waals surface area contributed by atoms with E-state index in [1.165, 1.54) is 77.0 Å². The van der Waals surface area contributed by atoms with E-state index in [1.54, 1.807) is 30.6 Å². The third-order valence-corrected chi connectivity index (χ3v) is 10.2. The fourth-order valence-corrected chi connectivity index (χ4v) is 6.36. The molecule has 0 aliphatic heterocycles. The van der Waals surface area contributed by atoms with Gasteiger partial charge in [-0.05, 0) is 51.0 Å². The molecule has 11 heteroatoms. The van der Waals surface area contributed by atoms with Crippen molar-refractivity contribution in [3.8, 4) is 0 Å². The second-order valence-electron chi connectivity index (χ2n) is 16.2. The molecule has 59 heavy (non-hydrogen) atoms. The van der Waals surface area contributed by atoms with E-state index in [2.05, 4.69) is 13.8 Å². The lowest BCUT2D eigenvalue weighted by molar-refractivity contribution is -0.870. The molecule has 0 saturated carbocycles. The molecule has 340 valence electrons. The average molecular weight is 851 g/mol. The molecule has 4 atom stereocenters. The highest BCUT2D eigenvalue weighted by atomic mass is 31.2. The summed E-state index contributed by atoms with van der Waals surface area (Å²) < 4.78 is 34.6. The second-order valence-corrected chi connectivity index (χ2v) is 17.6. The van der Waals surface area contributed by atoms with Gasteiger partial charge in [0.2, 0.25) is 0 Å². The number of hydrogen-bond donors (Lipinski definition) is 3. The third kappa shape index (κ3) is 43.3. The molecular formula is C48H85NO9P+. The van der Waals surface area contributed by atoms with E-state index in [9.17, 15) is 24.5 Å². The van der Waals surface area contributed by atoms with Gasteiger partial charge >= 0.3 is 13.8 Å². The highest BCUT2D eigenvalue weighted by Gasteiger charge is 2.25. The average Bonchev–Trinajstić information content (AvgIpc) is 3.18. The van der Waals surface area contributed by atoms with Gasteiger partial charge in [-0.2, -0.15) is 0 Å². The molecule has 0 aromatic carbocycles. The summed E-state index contributed by atoms with van der Waals surface area (Å²) in [4.78, 5) is 22.7. The maximum absolute atomic E-state index is 12.5. The number of phosphoric ester groups is 1. The minimum absolute atomic E-state index is 0.0567. The molecular weight excluding hydrogens is 765 g/mol. The summed E-state index contributed by atoms with van der Waals surface area (Å²) in [6.07, 6.45) is 46.6. The lowest BCUT2D eigenvalue weighted by Crippen LogP contribution is -2.37. The molecule has 0 aliphatic rings. The van der Waals surface area contributed by atoms with Gasteiger partial charge in [-0.3, -0.25) is 13.8 Å². The Morgan fingerprint density at radius 2 is 1.19 bits per heavy atom. The van der Waals surface area contributed by atoms with Crippen LogP contribution in [-0.4, -0.2) is 91.4 Å². The number of rotatable bonds is 40.